The fourth-order valence-electron chi connectivity index (χ4n) is 3.60. The summed E-state index contributed by atoms with van der Waals surface area (Å²) in [6, 6.07) is 8.44. The van der Waals surface area contributed by atoms with Gasteiger partial charge in [0.2, 0.25) is 0 Å². The Kier molecular flexibility index (Phi) is 3.64. The lowest BCUT2D eigenvalue weighted by atomic mass is 9.85. The second-order valence-electron chi connectivity index (χ2n) is 5.99. The van der Waals surface area contributed by atoms with Crippen molar-refractivity contribution in [2.75, 3.05) is 0 Å². The molecule has 18 heavy (non-hydrogen) atoms. The van der Waals surface area contributed by atoms with Crippen molar-refractivity contribution in [3.8, 4) is 0 Å². The maximum atomic E-state index is 13.1. The standard InChI is InChI=1S/C16H22FN/c17-14-3-1-2-12(10-14)6-9-16-11-13-4-7-15(18-16)8-5-13/h1-3,10,13,15-16,18H,4-9,11H2. The molecule has 1 aliphatic carbocycles. The van der Waals surface area contributed by atoms with Crippen molar-refractivity contribution in [2.45, 2.75) is 57.0 Å². The van der Waals surface area contributed by atoms with E-state index in [2.05, 4.69) is 5.32 Å². The number of nitrogens with one attached hydrogen (secondary N) is 1. The number of hydrogen-bond donors (Lipinski definition) is 1. The van der Waals surface area contributed by atoms with Crippen LogP contribution >= 0.6 is 0 Å². The lowest BCUT2D eigenvalue weighted by Gasteiger charge is -2.22. The first-order valence-electron chi connectivity index (χ1n) is 7.30. The molecule has 1 aromatic rings. The number of fused-ring (bicyclic) bond motifs is 4. The van der Waals surface area contributed by atoms with Crippen LogP contribution in [0.5, 0.6) is 0 Å². The predicted octanol–water partition coefficient (Wildman–Crippen LogP) is 3.68. The van der Waals surface area contributed by atoms with Gasteiger partial charge in [-0.05, 0) is 68.6 Å². The molecule has 4 rings (SSSR count). The van der Waals surface area contributed by atoms with Gasteiger partial charge in [0.1, 0.15) is 5.82 Å². The topological polar surface area (TPSA) is 12.0 Å². The first-order valence-corrected chi connectivity index (χ1v) is 7.30. The summed E-state index contributed by atoms with van der Waals surface area (Å²) in [5.41, 5.74) is 1.13. The van der Waals surface area contributed by atoms with Crippen molar-refractivity contribution < 1.29 is 4.39 Å². The molecule has 2 heterocycles. The molecule has 0 spiro atoms. The minimum Gasteiger partial charge on any atom is -0.311 e. The van der Waals surface area contributed by atoms with Crippen molar-refractivity contribution in [1.82, 2.24) is 5.32 Å². The van der Waals surface area contributed by atoms with Gasteiger partial charge in [-0.3, -0.25) is 0 Å². The molecule has 1 nitrogen and oxygen atoms in total. The van der Waals surface area contributed by atoms with E-state index in [-0.39, 0.29) is 5.82 Å². The van der Waals surface area contributed by atoms with Crippen molar-refractivity contribution in [2.24, 2.45) is 5.92 Å². The minimum absolute atomic E-state index is 0.110. The van der Waals surface area contributed by atoms with Crippen LogP contribution in [-0.4, -0.2) is 12.1 Å². The van der Waals surface area contributed by atoms with Gasteiger partial charge in [0.25, 0.3) is 0 Å². The molecule has 1 unspecified atom stereocenters. The largest absolute Gasteiger partial charge is 0.311 e. The smallest absolute Gasteiger partial charge is 0.123 e. The first kappa shape index (κ1) is 12.2. The molecule has 1 aromatic carbocycles. The molecule has 0 radical (unpaired) electrons. The molecule has 1 atom stereocenters. The molecule has 98 valence electrons. The molecule has 2 aliphatic heterocycles. The summed E-state index contributed by atoms with van der Waals surface area (Å²) in [6.45, 7) is 0. The van der Waals surface area contributed by atoms with Crippen LogP contribution in [0.4, 0.5) is 4.39 Å². The number of halogens is 1. The zero-order valence-corrected chi connectivity index (χ0v) is 10.9. The van der Waals surface area contributed by atoms with Crippen LogP contribution in [0.15, 0.2) is 24.3 Å². The second kappa shape index (κ2) is 5.40. The van der Waals surface area contributed by atoms with E-state index < -0.39 is 0 Å². The van der Waals surface area contributed by atoms with Gasteiger partial charge in [-0.15, -0.1) is 0 Å². The van der Waals surface area contributed by atoms with E-state index in [1.165, 1.54) is 38.2 Å². The average Bonchev–Trinajstić information content (AvgIpc) is 2.69. The van der Waals surface area contributed by atoms with E-state index in [1.807, 2.05) is 12.1 Å². The van der Waals surface area contributed by atoms with Gasteiger partial charge in [0.05, 0.1) is 0 Å². The second-order valence-corrected chi connectivity index (χ2v) is 5.99. The van der Waals surface area contributed by atoms with Crippen LogP contribution < -0.4 is 5.32 Å². The molecule has 2 heteroatoms. The van der Waals surface area contributed by atoms with Crippen LogP contribution in [0.25, 0.3) is 0 Å². The van der Waals surface area contributed by atoms with E-state index in [9.17, 15) is 4.39 Å². The molecular weight excluding hydrogens is 225 g/mol. The summed E-state index contributed by atoms with van der Waals surface area (Å²) in [7, 11) is 0. The highest BCUT2D eigenvalue weighted by Gasteiger charge is 2.29. The fourth-order valence-corrected chi connectivity index (χ4v) is 3.60. The Balaban J connectivity index is 1.57. The van der Waals surface area contributed by atoms with Crippen LogP contribution in [0.1, 0.15) is 44.1 Å². The molecule has 2 bridgehead atoms. The number of benzene rings is 1. The number of hydrogen-bond acceptors (Lipinski definition) is 1. The SMILES string of the molecule is Fc1cccc(CCC2CC3CCC(CC3)N2)c1. The monoisotopic (exact) mass is 247 g/mol. The Morgan fingerprint density at radius 2 is 2.00 bits per heavy atom. The molecule has 1 N–H and O–H groups in total. The third-order valence-electron chi connectivity index (χ3n) is 4.61. The summed E-state index contributed by atoms with van der Waals surface area (Å²) in [5.74, 6) is 0.829. The van der Waals surface area contributed by atoms with Gasteiger partial charge in [-0.2, -0.15) is 0 Å². The first-order chi connectivity index (χ1) is 8.79. The molecule has 2 saturated heterocycles. The van der Waals surface area contributed by atoms with Gasteiger partial charge in [0.15, 0.2) is 0 Å². The third kappa shape index (κ3) is 2.92. The molecule has 3 aliphatic rings. The van der Waals surface area contributed by atoms with Crippen molar-refractivity contribution in [3.63, 3.8) is 0 Å². The summed E-state index contributed by atoms with van der Waals surface area (Å²) in [4.78, 5) is 0. The zero-order chi connectivity index (χ0) is 12.4. The Labute approximate surface area is 109 Å². The molecule has 1 saturated carbocycles. The molecule has 3 fully saturated rings. The molecule has 0 aromatic heterocycles. The van der Waals surface area contributed by atoms with Gasteiger partial charge < -0.3 is 5.32 Å². The number of aryl methyl sites for hydroxylation is 1. The van der Waals surface area contributed by atoms with Gasteiger partial charge in [-0.25, -0.2) is 4.39 Å². The highest BCUT2D eigenvalue weighted by molar-refractivity contribution is 5.16. The summed E-state index contributed by atoms with van der Waals surface area (Å²) in [6.07, 6.45) is 9.02. The van der Waals surface area contributed by atoms with Gasteiger partial charge in [-0.1, -0.05) is 12.1 Å². The predicted molar refractivity (Wildman–Crippen MR) is 72.0 cm³/mol. The van der Waals surface area contributed by atoms with Crippen molar-refractivity contribution in [3.05, 3.63) is 35.6 Å². The molecular formula is C16H22FN. The number of rotatable bonds is 3. The normalized spacial score (nSPS) is 31.3. The highest BCUT2D eigenvalue weighted by Crippen LogP contribution is 2.33. The maximum Gasteiger partial charge on any atom is 0.123 e. The van der Waals surface area contributed by atoms with E-state index in [4.69, 9.17) is 0 Å². The van der Waals surface area contributed by atoms with Crippen LogP contribution in [0.2, 0.25) is 0 Å². The fraction of sp³-hybridized carbons (Fsp3) is 0.625. The molecule has 0 amide bonds. The van der Waals surface area contributed by atoms with Crippen molar-refractivity contribution in [1.29, 1.82) is 0 Å². The summed E-state index contributed by atoms with van der Waals surface area (Å²) < 4.78 is 13.1. The lowest BCUT2D eigenvalue weighted by molar-refractivity contribution is 0.344. The summed E-state index contributed by atoms with van der Waals surface area (Å²) in [5, 5.41) is 3.80. The lowest BCUT2D eigenvalue weighted by Crippen LogP contribution is -2.35. The highest BCUT2D eigenvalue weighted by atomic mass is 19.1. The minimum atomic E-state index is -0.110. The average molecular weight is 247 g/mol. The maximum absolute atomic E-state index is 13.1. The Morgan fingerprint density at radius 3 is 2.78 bits per heavy atom. The van der Waals surface area contributed by atoms with Crippen LogP contribution in [-0.2, 0) is 6.42 Å². The van der Waals surface area contributed by atoms with E-state index in [0.29, 0.717) is 6.04 Å². The van der Waals surface area contributed by atoms with E-state index in [0.717, 1.165) is 30.4 Å². The summed E-state index contributed by atoms with van der Waals surface area (Å²) >= 11 is 0. The Morgan fingerprint density at radius 1 is 1.17 bits per heavy atom. The van der Waals surface area contributed by atoms with Crippen molar-refractivity contribution >= 4 is 0 Å². The van der Waals surface area contributed by atoms with Gasteiger partial charge >= 0.3 is 0 Å². The third-order valence-corrected chi connectivity index (χ3v) is 4.61. The van der Waals surface area contributed by atoms with E-state index in [1.54, 1.807) is 6.07 Å². The Hall–Kier alpha value is -0.890. The Bertz CT molecular complexity index is 382. The van der Waals surface area contributed by atoms with E-state index >= 15 is 0 Å². The van der Waals surface area contributed by atoms with Crippen LogP contribution in [0, 0.1) is 11.7 Å². The quantitative estimate of drug-likeness (QED) is 0.859. The van der Waals surface area contributed by atoms with Gasteiger partial charge in [0, 0.05) is 12.1 Å². The van der Waals surface area contributed by atoms with Crippen LogP contribution in [0.3, 0.4) is 0 Å². The zero-order valence-electron chi connectivity index (χ0n) is 10.9.